The van der Waals surface area contributed by atoms with Gasteiger partial charge >= 0.3 is 0 Å². The molecule has 4 heterocycles. The Hall–Kier alpha value is -2.24. The monoisotopic (exact) mass is 307 g/mol. The molecule has 0 amide bonds. The van der Waals surface area contributed by atoms with Gasteiger partial charge in [0.05, 0.1) is 11.7 Å². The van der Waals surface area contributed by atoms with Gasteiger partial charge in [-0.2, -0.15) is 0 Å². The summed E-state index contributed by atoms with van der Waals surface area (Å²) < 4.78 is 2.15. The highest BCUT2D eigenvalue weighted by Crippen LogP contribution is 2.33. The third-order valence-corrected chi connectivity index (χ3v) is 4.82. The van der Waals surface area contributed by atoms with Gasteiger partial charge in [-0.25, -0.2) is 0 Å². The van der Waals surface area contributed by atoms with Crippen LogP contribution in [0.15, 0.2) is 49.2 Å². The maximum atomic E-state index is 6.48. The van der Waals surface area contributed by atoms with E-state index in [9.17, 15) is 0 Å². The van der Waals surface area contributed by atoms with Crippen LogP contribution in [-0.2, 0) is 13.6 Å². The maximum absolute atomic E-state index is 6.48. The van der Waals surface area contributed by atoms with Crippen molar-refractivity contribution in [3.63, 3.8) is 0 Å². The Kier molecular flexibility index (Phi) is 3.59. The molecule has 0 bridgehead atoms. The predicted molar refractivity (Wildman–Crippen MR) is 90.9 cm³/mol. The van der Waals surface area contributed by atoms with Gasteiger partial charge in [-0.3, -0.25) is 14.9 Å². The van der Waals surface area contributed by atoms with Crippen LogP contribution in [0.25, 0.3) is 10.9 Å². The molecule has 3 aromatic heterocycles. The van der Waals surface area contributed by atoms with Crippen LogP contribution in [0, 0.1) is 0 Å². The Balaban J connectivity index is 1.60. The highest BCUT2D eigenvalue weighted by Gasteiger charge is 2.33. The van der Waals surface area contributed by atoms with Crippen molar-refractivity contribution in [3.8, 4) is 0 Å². The fourth-order valence-electron chi connectivity index (χ4n) is 3.67. The van der Waals surface area contributed by atoms with E-state index >= 15 is 0 Å². The number of nitrogens with two attached hydrogens (primary N) is 1. The van der Waals surface area contributed by atoms with Crippen LogP contribution >= 0.6 is 0 Å². The molecule has 0 spiro atoms. The molecule has 0 unspecified atom stereocenters. The molecular formula is C18H21N5. The summed E-state index contributed by atoms with van der Waals surface area (Å²) in [4.78, 5) is 10.8. The zero-order valence-electron chi connectivity index (χ0n) is 13.3. The van der Waals surface area contributed by atoms with Crippen LogP contribution in [-0.4, -0.2) is 38.6 Å². The lowest BCUT2D eigenvalue weighted by Gasteiger charge is -2.15. The molecule has 3 aromatic rings. The third kappa shape index (κ3) is 2.62. The second-order valence-electron chi connectivity index (χ2n) is 6.41. The average Bonchev–Trinajstić information content (AvgIpc) is 3.09. The SMILES string of the molecule is Cn1cc([C@@H]2CN(Cc3ccncc3)C[C@H]2N)c2ccncc21. The summed E-state index contributed by atoms with van der Waals surface area (Å²) in [6, 6.07) is 6.41. The quantitative estimate of drug-likeness (QED) is 0.803. The number of pyridine rings is 2. The van der Waals surface area contributed by atoms with E-state index in [-0.39, 0.29) is 6.04 Å². The van der Waals surface area contributed by atoms with Crippen LogP contribution in [0.4, 0.5) is 0 Å². The standard InChI is InChI=1S/C18H21N5/c1-22-10-15(14-4-7-21-8-18(14)22)16-11-23(12-17(16)19)9-13-2-5-20-6-3-13/h2-8,10,16-17H,9,11-12,19H2,1H3/t16-,17+/m0/s1. The van der Waals surface area contributed by atoms with E-state index in [1.165, 1.54) is 22.0 Å². The first-order chi connectivity index (χ1) is 11.2. The molecule has 0 saturated carbocycles. The maximum Gasteiger partial charge on any atom is 0.0667 e. The van der Waals surface area contributed by atoms with Crippen LogP contribution in [0.5, 0.6) is 0 Å². The summed E-state index contributed by atoms with van der Waals surface area (Å²) >= 11 is 0. The Morgan fingerprint density at radius 3 is 2.74 bits per heavy atom. The number of aryl methyl sites for hydroxylation is 1. The van der Waals surface area contributed by atoms with Gasteiger partial charge in [-0.1, -0.05) is 0 Å². The molecule has 1 aliphatic rings. The predicted octanol–water partition coefficient (Wildman–Crippen LogP) is 1.89. The van der Waals surface area contributed by atoms with Gasteiger partial charge in [0.25, 0.3) is 0 Å². The molecule has 2 atom stereocenters. The molecule has 1 aliphatic heterocycles. The highest BCUT2D eigenvalue weighted by atomic mass is 15.2. The fraction of sp³-hybridized carbons (Fsp3) is 0.333. The summed E-state index contributed by atoms with van der Waals surface area (Å²) in [5, 5.41) is 1.27. The molecule has 0 aromatic carbocycles. The van der Waals surface area contributed by atoms with Crippen LogP contribution < -0.4 is 5.73 Å². The van der Waals surface area contributed by atoms with Gasteiger partial charge < -0.3 is 10.3 Å². The van der Waals surface area contributed by atoms with Crippen LogP contribution in [0.1, 0.15) is 17.0 Å². The van der Waals surface area contributed by atoms with Crippen LogP contribution in [0.2, 0.25) is 0 Å². The molecule has 2 N–H and O–H groups in total. The van der Waals surface area contributed by atoms with Crippen molar-refractivity contribution in [1.29, 1.82) is 0 Å². The molecule has 5 nitrogen and oxygen atoms in total. The Bertz CT molecular complexity index is 811. The second-order valence-corrected chi connectivity index (χ2v) is 6.41. The van der Waals surface area contributed by atoms with E-state index in [0.29, 0.717) is 5.92 Å². The number of hydrogen-bond donors (Lipinski definition) is 1. The van der Waals surface area contributed by atoms with E-state index < -0.39 is 0 Å². The smallest absolute Gasteiger partial charge is 0.0667 e. The summed E-state index contributed by atoms with van der Waals surface area (Å²) in [5.74, 6) is 0.364. The van der Waals surface area contributed by atoms with Crippen molar-refractivity contribution in [2.45, 2.75) is 18.5 Å². The Labute approximate surface area is 135 Å². The normalized spacial score (nSPS) is 22.0. The van der Waals surface area contributed by atoms with Gasteiger partial charge in [0.2, 0.25) is 0 Å². The van der Waals surface area contributed by atoms with Gasteiger partial charge in [0.15, 0.2) is 0 Å². The Morgan fingerprint density at radius 2 is 1.91 bits per heavy atom. The molecule has 1 saturated heterocycles. The molecular weight excluding hydrogens is 286 g/mol. The largest absolute Gasteiger partial charge is 0.349 e. The van der Waals surface area contributed by atoms with E-state index in [2.05, 4.69) is 50.9 Å². The zero-order chi connectivity index (χ0) is 15.8. The average molecular weight is 307 g/mol. The summed E-state index contributed by atoms with van der Waals surface area (Å²) in [5.41, 5.74) is 10.3. The van der Waals surface area contributed by atoms with Crippen LogP contribution in [0.3, 0.4) is 0 Å². The first kappa shape index (κ1) is 14.4. The minimum absolute atomic E-state index is 0.163. The fourth-order valence-corrected chi connectivity index (χ4v) is 3.67. The summed E-state index contributed by atoms with van der Waals surface area (Å²) in [6.45, 7) is 2.85. The molecule has 4 rings (SSSR count). The lowest BCUT2D eigenvalue weighted by molar-refractivity contribution is 0.324. The van der Waals surface area contributed by atoms with Crippen molar-refractivity contribution in [3.05, 3.63) is 60.3 Å². The number of likely N-dealkylation sites (tertiary alicyclic amines) is 1. The first-order valence-corrected chi connectivity index (χ1v) is 7.98. The number of hydrogen-bond acceptors (Lipinski definition) is 4. The summed E-state index contributed by atoms with van der Waals surface area (Å²) in [7, 11) is 2.07. The van der Waals surface area contributed by atoms with Crippen molar-refractivity contribution in [2.75, 3.05) is 13.1 Å². The van der Waals surface area contributed by atoms with E-state index in [1.807, 2.05) is 24.8 Å². The van der Waals surface area contributed by atoms with Gasteiger partial charge in [-0.15, -0.1) is 0 Å². The molecule has 0 radical (unpaired) electrons. The van der Waals surface area contributed by atoms with Gasteiger partial charge in [0, 0.05) is 68.8 Å². The molecule has 5 heteroatoms. The highest BCUT2D eigenvalue weighted by molar-refractivity contribution is 5.83. The molecule has 1 fully saturated rings. The second kappa shape index (κ2) is 5.76. The number of aromatic nitrogens is 3. The van der Waals surface area contributed by atoms with E-state index in [1.54, 1.807) is 0 Å². The minimum atomic E-state index is 0.163. The lowest BCUT2D eigenvalue weighted by Crippen LogP contribution is -2.28. The zero-order valence-corrected chi connectivity index (χ0v) is 13.3. The number of rotatable bonds is 3. The van der Waals surface area contributed by atoms with Crippen molar-refractivity contribution < 1.29 is 0 Å². The summed E-state index contributed by atoms with van der Waals surface area (Å²) in [6.07, 6.45) is 9.70. The van der Waals surface area contributed by atoms with E-state index in [0.717, 1.165) is 19.6 Å². The molecule has 23 heavy (non-hydrogen) atoms. The number of nitrogens with zero attached hydrogens (tertiary/aromatic N) is 4. The van der Waals surface area contributed by atoms with Gasteiger partial charge in [-0.05, 0) is 29.3 Å². The third-order valence-electron chi connectivity index (χ3n) is 4.82. The van der Waals surface area contributed by atoms with Crippen molar-refractivity contribution in [2.24, 2.45) is 12.8 Å². The topological polar surface area (TPSA) is 60.0 Å². The number of fused-ring (bicyclic) bond motifs is 1. The minimum Gasteiger partial charge on any atom is -0.349 e. The Morgan fingerprint density at radius 1 is 1.13 bits per heavy atom. The van der Waals surface area contributed by atoms with Crippen molar-refractivity contribution >= 4 is 10.9 Å². The molecule has 118 valence electrons. The van der Waals surface area contributed by atoms with Crippen molar-refractivity contribution in [1.82, 2.24) is 19.4 Å². The van der Waals surface area contributed by atoms with Gasteiger partial charge in [0.1, 0.15) is 0 Å². The first-order valence-electron chi connectivity index (χ1n) is 7.98. The lowest BCUT2D eigenvalue weighted by atomic mass is 9.95. The van der Waals surface area contributed by atoms with E-state index in [4.69, 9.17) is 5.73 Å². The molecule has 0 aliphatic carbocycles.